The van der Waals surface area contributed by atoms with E-state index < -0.39 is 44.0 Å². The van der Waals surface area contributed by atoms with Crippen LogP contribution in [0, 0.1) is 11.7 Å². The highest BCUT2D eigenvalue weighted by molar-refractivity contribution is 7.92. The van der Waals surface area contributed by atoms with Crippen molar-refractivity contribution in [2.24, 2.45) is 5.92 Å². The molecular formula is C27H27F8NO4S. The van der Waals surface area contributed by atoms with Gasteiger partial charge in [-0.05, 0) is 61.4 Å². The highest BCUT2D eigenvalue weighted by atomic mass is 32.2. The third kappa shape index (κ3) is 5.69. The molecule has 41 heavy (non-hydrogen) atoms. The molecule has 0 unspecified atom stereocenters. The SMILES string of the molecule is O=C(CC1CCC(c2ccc(C(F)(C(F)(F)F)C(F)(F)F)cc2)(S(=O)(=O)c2ccc(F)cc2)CC1)N1CCOCC1. The summed E-state index contributed by atoms with van der Waals surface area (Å²) in [5.41, 5.74) is -7.53. The minimum atomic E-state index is -6.32. The minimum Gasteiger partial charge on any atom is -0.378 e. The van der Waals surface area contributed by atoms with Crippen molar-refractivity contribution in [3.05, 3.63) is 65.5 Å². The zero-order valence-electron chi connectivity index (χ0n) is 21.6. The predicted octanol–water partition coefficient (Wildman–Crippen LogP) is 6.22. The lowest BCUT2D eigenvalue weighted by atomic mass is 9.76. The Morgan fingerprint density at radius 1 is 0.854 bits per heavy atom. The number of alkyl halides is 7. The number of sulfone groups is 1. The fourth-order valence-electron chi connectivity index (χ4n) is 5.58. The standard InChI is InChI=1S/C27H27F8NO4S/c28-21-5-7-22(8-6-21)41(38,39)24(11-9-18(10-12-24)17-23(37)36-13-15-40-16-14-36)19-1-3-20(4-2-19)25(29,26(30,31)32)27(33,34)35/h1-8,18H,9-17H2. The Morgan fingerprint density at radius 2 is 1.37 bits per heavy atom. The number of amides is 1. The molecule has 1 aliphatic carbocycles. The van der Waals surface area contributed by atoms with Gasteiger partial charge in [-0.25, -0.2) is 17.2 Å². The van der Waals surface area contributed by atoms with Crippen LogP contribution in [0.15, 0.2) is 53.4 Å². The van der Waals surface area contributed by atoms with E-state index in [4.69, 9.17) is 4.74 Å². The molecule has 2 aliphatic rings. The molecule has 0 bridgehead atoms. The first-order chi connectivity index (χ1) is 19.0. The summed E-state index contributed by atoms with van der Waals surface area (Å²) in [5.74, 6) is -1.07. The van der Waals surface area contributed by atoms with Gasteiger partial charge in [0.2, 0.25) is 5.91 Å². The zero-order valence-corrected chi connectivity index (χ0v) is 22.4. The van der Waals surface area contributed by atoms with Gasteiger partial charge in [0.25, 0.3) is 0 Å². The minimum absolute atomic E-state index is 0.119. The molecule has 5 nitrogen and oxygen atoms in total. The van der Waals surface area contributed by atoms with Crippen LogP contribution in [0.4, 0.5) is 35.1 Å². The Kier molecular flexibility index (Phi) is 8.49. The first kappa shape index (κ1) is 31.2. The largest absolute Gasteiger partial charge is 0.435 e. The number of rotatable bonds is 6. The van der Waals surface area contributed by atoms with E-state index in [-0.39, 0.29) is 54.4 Å². The van der Waals surface area contributed by atoms with Gasteiger partial charge in [0.15, 0.2) is 9.84 Å². The van der Waals surface area contributed by atoms with Crippen LogP contribution in [0.5, 0.6) is 0 Å². The third-order valence-electron chi connectivity index (χ3n) is 7.97. The van der Waals surface area contributed by atoms with Crippen LogP contribution in [0.1, 0.15) is 43.2 Å². The fourth-order valence-corrected chi connectivity index (χ4v) is 7.75. The van der Waals surface area contributed by atoms with Crippen molar-refractivity contribution in [1.82, 2.24) is 4.90 Å². The summed E-state index contributed by atoms with van der Waals surface area (Å²) in [4.78, 5) is 14.1. The molecule has 0 aromatic heterocycles. The molecule has 1 saturated carbocycles. The van der Waals surface area contributed by atoms with E-state index in [1.165, 1.54) is 0 Å². The maximum Gasteiger partial charge on any atom is 0.435 e. The summed E-state index contributed by atoms with van der Waals surface area (Å²) in [6, 6.07) is 6.01. The molecule has 1 aliphatic heterocycles. The van der Waals surface area contributed by atoms with Gasteiger partial charge in [-0.3, -0.25) is 4.79 Å². The van der Waals surface area contributed by atoms with Gasteiger partial charge in [-0.1, -0.05) is 24.3 Å². The van der Waals surface area contributed by atoms with Crippen molar-refractivity contribution in [2.75, 3.05) is 26.3 Å². The summed E-state index contributed by atoms with van der Waals surface area (Å²) in [6.45, 7) is 1.64. The van der Waals surface area contributed by atoms with Crippen LogP contribution in [0.3, 0.4) is 0 Å². The first-order valence-electron chi connectivity index (χ1n) is 12.8. The van der Waals surface area contributed by atoms with Crippen LogP contribution >= 0.6 is 0 Å². The molecule has 226 valence electrons. The third-order valence-corrected chi connectivity index (χ3v) is 10.5. The van der Waals surface area contributed by atoms with Crippen molar-refractivity contribution >= 4 is 15.7 Å². The Labute approximate surface area is 231 Å². The van der Waals surface area contributed by atoms with Gasteiger partial charge in [-0.15, -0.1) is 0 Å². The van der Waals surface area contributed by atoms with E-state index >= 15 is 0 Å². The first-order valence-corrected chi connectivity index (χ1v) is 14.3. The summed E-state index contributed by atoms with van der Waals surface area (Å²) in [6.07, 6.45) is -12.3. The van der Waals surface area contributed by atoms with E-state index in [2.05, 4.69) is 0 Å². The molecular weight excluding hydrogens is 586 g/mol. The maximum atomic E-state index is 14.6. The molecule has 0 spiro atoms. The summed E-state index contributed by atoms with van der Waals surface area (Å²) in [5, 5.41) is 0. The maximum absolute atomic E-state index is 14.6. The van der Waals surface area contributed by atoms with Crippen LogP contribution < -0.4 is 0 Å². The van der Waals surface area contributed by atoms with Crippen LogP contribution in [0.2, 0.25) is 0 Å². The van der Waals surface area contributed by atoms with Crippen LogP contribution in [-0.4, -0.2) is 57.9 Å². The monoisotopic (exact) mass is 613 g/mol. The number of hydrogen-bond donors (Lipinski definition) is 0. The molecule has 1 saturated heterocycles. The van der Waals surface area contributed by atoms with Gasteiger partial charge in [0.1, 0.15) is 10.6 Å². The topological polar surface area (TPSA) is 63.7 Å². The van der Waals surface area contributed by atoms with Gasteiger partial charge < -0.3 is 9.64 Å². The van der Waals surface area contributed by atoms with Crippen molar-refractivity contribution in [2.45, 2.75) is 59.8 Å². The molecule has 2 fully saturated rings. The predicted molar refractivity (Wildman–Crippen MR) is 131 cm³/mol. The number of benzene rings is 2. The summed E-state index contributed by atoms with van der Waals surface area (Å²) in [7, 11) is -4.39. The molecule has 14 heteroatoms. The van der Waals surface area contributed by atoms with E-state index in [0.29, 0.717) is 38.4 Å². The second-order valence-electron chi connectivity index (χ2n) is 10.3. The molecule has 1 amide bonds. The molecule has 1 heterocycles. The van der Waals surface area contributed by atoms with E-state index in [1.54, 1.807) is 4.90 Å². The van der Waals surface area contributed by atoms with Crippen molar-refractivity contribution < 1.29 is 53.1 Å². The Hall–Kier alpha value is -2.74. The van der Waals surface area contributed by atoms with E-state index in [0.717, 1.165) is 36.4 Å². The molecule has 4 rings (SSSR count). The van der Waals surface area contributed by atoms with Crippen LogP contribution in [-0.2, 0) is 29.8 Å². The van der Waals surface area contributed by atoms with Crippen molar-refractivity contribution in [1.29, 1.82) is 0 Å². The molecule has 0 atom stereocenters. The number of hydrogen-bond acceptors (Lipinski definition) is 4. The zero-order chi connectivity index (χ0) is 30.3. The number of carbonyl (C=O) groups is 1. The Bertz CT molecular complexity index is 1310. The molecule has 2 aromatic rings. The quantitative estimate of drug-likeness (QED) is 0.287. The Balaban J connectivity index is 1.69. The van der Waals surface area contributed by atoms with Gasteiger partial charge in [-0.2, -0.15) is 26.3 Å². The number of carbonyl (C=O) groups excluding carboxylic acids is 1. The van der Waals surface area contributed by atoms with Crippen molar-refractivity contribution in [3.63, 3.8) is 0 Å². The van der Waals surface area contributed by atoms with E-state index in [9.17, 15) is 48.3 Å². The Morgan fingerprint density at radius 3 is 1.85 bits per heavy atom. The summed E-state index contributed by atoms with van der Waals surface area (Å²) >= 11 is 0. The van der Waals surface area contributed by atoms with Gasteiger partial charge in [0, 0.05) is 25.1 Å². The fraction of sp³-hybridized carbons (Fsp3) is 0.519. The summed E-state index contributed by atoms with van der Waals surface area (Å²) < 4.78 is 139. The highest BCUT2D eigenvalue weighted by Crippen LogP contribution is 2.54. The molecule has 0 radical (unpaired) electrons. The highest BCUT2D eigenvalue weighted by Gasteiger charge is 2.73. The second kappa shape index (κ2) is 11.2. The smallest absolute Gasteiger partial charge is 0.378 e. The average Bonchev–Trinajstić information content (AvgIpc) is 2.92. The van der Waals surface area contributed by atoms with E-state index in [1.807, 2.05) is 0 Å². The molecule has 2 aromatic carbocycles. The lowest BCUT2D eigenvalue weighted by Crippen LogP contribution is -2.50. The lowest BCUT2D eigenvalue weighted by Gasteiger charge is -2.41. The van der Waals surface area contributed by atoms with Gasteiger partial charge >= 0.3 is 18.0 Å². The average molecular weight is 614 g/mol. The van der Waals surface area contributed by atoms with Crippen LogP contribution in [0.25, 0.3) is 0 Å². The normalized spacial score (nSPS) is 22.9. The lowest BCUT2D eigenvalue weighted by molar-refractivity contribution is -0.348. The number of ether oxygens (including phenoxy) is 1. The number of morpholine rings is 1. The van der Waals surface area contributed by atoms with Gasteiger partial charge in [0.05, 0.1) is 18.1 Å². The number of halogens is 8. The van der Waals surface area contributed by atoms with Crippen molar-refractivity contribution in [3.8, 4) is 0 Å². The number of nitrogens with zero attached hydrogens (tertiary/aromatic N) is 1. The molecule has 0 N–H and O–H groups in total. The second-order valence-corrected chi connectivity index (χ2v) is 12.6.